The van der Waals surface area contributed by atoms with Gasteiger partial charge in [-0.15, -0.1) is 0 Å². The number of hydrogen-bond acceptors (Lipinski definition) is 4. The summed E-state index contributed by atoms with van der Waals surface area (Å²) in [4.78, 5) is 27.2. The lowest BCUT2D eigenvalue weighted by atomic mass is 9.76. The average Bonchev–Trinajstić information content (AvgIpc) is 2.54. The minimum Gasteiger partial charge on any atom is -0.302 e. The zero-order chi connectivity index (χ0) is 11.0. The van der Waals surface area contributed by atoms with Gasteiger partial charge in [0, 0.05) is 6.92 Å². The highest BCUT2D eigenvalue weighted by molar-refractivity contribution is 7.18. The van der Waals surface area contributed by atoms with Gasteiger partial charge >= 0.3 is 0 Å². The predicted octanol–water partition coefficient (Wildman–Crippen LogP) is 1.19. The van der Waals surface area contributed by atoms with Crippen LogP contribution >= 0.6 is 11.3 Å². The van der Waals surface area contributed by atoms with Crippen molar-refractivity contribution in [1.82, 2.24) is 4.98 Å². The van der Waals surface area contributed by atoms with Crippen molar-refractivity contribution >= 4 is 36.0 Å². The minimum absolute atomic E-state index is 0.0645. The molecule has 1 aliphatic carbocycles. The van der Waals surface area contributed by atoms with Crippen molar-refractivity contribution in [2.45, 2.75) is 25.6 Å². The Labute approximate surface area is 92.5 Å². The summed E-state index contributed by atoms with van der Waals surface area (Å²) in [7, 11) is 5.65. The molecule has 0 aliphatic heterocycles. The van der Waals surface area contributed by atoms with E-state index in [4.69, 9.17) is 7.85 Å². The zero-order valence-electron chi connectivity index (χ0n) is 8.24. The number of aromatic nitrogens is 1. The molecule has 0 saturated heterocycles. The van der Waals surface area contributed by atoms with Crippen LogP contribution in [0.25, 0.3) is 0 Å². The number of nitrogens with one attached hydrogen (secondary N) is 1. The standard InChI is InChI=1S/C9H9BN2O2S/c1-4(13)11-9-12-6-3-2-5(10)7(14)8(6)15-9/h5H,2-3H2,1H3,(H,11,12,13). The summed E-state index contributed by atoms with van der Waals surface area (Å²) >= 11 is 1.20. The Kier molecular flexibility index (Phi) is 2.60. The molecule has 1 heterocycles. The Hall–Kier alpha value is -1.17. The number of hydrogen-bond donors (Lipinski definition) is 1. The molecular formula is C9H9BN2O2S. The molecule has 1 aliphatic rings. The second-order valence-electron chi connectivity index (χ2n) is 3.49. The van der Waals surface area contributed by atoms with Gasteiger partial charge in [-0.1, -0.05) is 11.3 Å². The maximum absolute atomic E-state index is 11.6. The molecule has 1 amide bonds. The van der Waals surface area contributed by atoms with Crippen molar-refractivity contribution in [3.05, 3.63) is 10.6 Å². The molecule has 6 heteroatoms. The van der Waals surface area contributed by atoms with E-state index < -0.39 is 5.82 Å². The summed E-state index contributed by atoms with van der Waals surface area (Å²) in [6.45, 7) is 1.41. The quantitative estimate of drug-likeness (QED) is 0.723. The fourth-order valence-electron chi connectivity index (χ4n) is 1.51. The Morgan fingerprint density at radius 3 is 3.07 bits per heavy atom. The molecule has 1 N–H and O–H groups in total. The molecule has 0 spiro atoms. The maximum atomic E-state index is 11.6. The first kappa shape index (κ1) is 10.4. The number of fused-ring (bicyclic) bond motifs is 1. The summed E-state index contributed by atoms with van der Waals surface area (Å²) in [6.07, 6.45) is 1.34. The van der Waals surface area contributed by atoms with Gasteiger partial charge in [-0.25, -0.2) is 4.98 Å². The Balaban J connectivity index is 2.31. The SMILES string of the molecule is [B]C1CCc2nc(NC(C)=O)sc2C1=O. The smallest absolute Gasteiger partial charge is 0.223 e. The Morgan fingerprint density at radius 1 is 1.67 bits per heavy atom. The van der Waals surface area contributed by atoms with Crippen LogP contribution < -0.4 is 5.32 Å². The summed E-state index contributed by atoms with van der Waals surface area (Å²) in [5.41, 5.74) is 0.760. The molecule has 0 aromatic carbocycles. The van der Waals surface area contributed by atoms with Gasteiger partial charge in [0.25, 0.3) is 0 Å². The van der Waals surface area contributed by atoms with E-state index in [1.54, 1.807) is 0 Å². The van der Waals surface area contributed by atoms with Gasteiger partial charge in [-0.05, 0) is 18.7 Å². The van der Waals surface area contributed by atoms with Crippen LogP contribution in [0.15, 0.2) is 0 Å². The first-order valence-electron chi connectivity index (χ1n) is 4.65. The summed E-state index contributed by atoms with van der Waals surface area (Å²) in [5, 5.41) is 3.05. The van der Waals surface area contributed by atoms with Crippen molar-refractivity contribution in [3.63, 3.8) is 0 Å². The van der Waals surface area contributed by atoms with E-state index in [2.05, 4.69) is 10.3 Å². The topological polar surface area (TPSA) is 59.1 Å². The van der Waals surface area contributed by atoms with E-state index in [1.165, 1.54) is 18.3 Å². The largest absolute Gasteiger partial charge is 0.302 e. The van der Waals surface area contributed by atoms with Gasteiger partial charge in [-0.3, -0.25) is 9.59 Å². The molecule has 2 rings (SSSR count). The van der Waals surface area contributed by atoms with E-state index in [9.17, 15) is 9.59 Å². The highest BCUT2D eigenvalue weighted by Crippen LogP contribution is 2.33. The lowest BCUT2D eigenvalue weighted by Crippen LogP contribution is -2.16. The van der Waals surface area contributed by atoms with Crippen molar-refractivity contribution in [3.8, 4) is 0 Å². The molecular weight excluding hydrogens is 211 g/mol. The highest BCUT2D eigenvalue weighted by Gasteiger charge is 2.27. The second-order valence-corrected chi connectivity index (χ2v) is 4.48. The van der Waals surface area contributed by atoms with Crippen LogP contribution in [-0.2, 0) is 11.2 Å². The van der Waals surface area contributed by atoms with Crippen LogP contribution in [0.3, 0.4) is 0 Å². The number of amides is 1. The van der Waals surface area contributed by atoms with Crippen LogP contribution in [0.5, 0.6) is 0 Å². The van der Waals surface area contributed by atoms with Crippen LogP contribution in [0, 0.1) is 0 Å². The van der Waals surface area contributed by atoms with Crippen molar-refractivity contribution in [2.75, 3.05) is 5.32 Å². The van der Waals surface area contributed by atoms with Crippen molar-refractivity contribution in [2.24, 2.45) is 0 Å². The number of carbonyl (C=O) groups is 2. The van der Waals surface area contributed by atoms with Gasteiger partial charge in [0.1, 0.15) is 0 Å². The summed E-state index contributed by atoms with van der Waals surface area (Å²) in [5.74, 6) is -0.661. The number of rotatable bonds is 1. The normalized spacial score (nSPS) is 19.8. The lowest BCUT2D eigenvalue weighted by molar-refractivity contribution is -0.114. The number of aryl methyl sites for hydroxylation is 1. The number of thiazole rings is 1. The zero-order valence-corrected chi connectivity index (χ0v) is 9.06. The second kappa shape index (κ2) is 3.77. The van der Waals surface area contributed by atoms with E-state index in [1.807, 2.05) is 0 Å². The third-order valence-electron chi connectivity index (χ3n) is 2.23. The van der Waals surface area contributed by atoms with Crippen LogP contribution in [0.1, 0.15) is 28.7 Å². The third kappa shape index (κ3) is 1.94. The molecule has 1 unspecified atom stereocenters. The molecule has 0 bridgehead atoms. The maximum Gasteiger partial charge on any atom is 0.223 e. The van der Waals surface area contributed by atoms with E-state index in [-0.39, 0.29) is 11.7 Å². The molecule has 4 nitrogen and oxygen atoms in total. The fraction of sp³-hybridized carbons (Fsp3) is 0.444. The van der Waals surface area contributed by atoms with E-state index >= 15 is 0 Å². The van der Waals surface area contributed by atoms with Gasteiger partial charge < -0.3 is 5.32 Å². The van der Waals surface area contributed by atoms with Crippen LogP contribution in [-0.4, -0.2) is 24.5 Å². The van der Waals surface area contributed by atoms with Crippen LogP contribution in [0.4, 0.5) is 5.13 Å². The predicted molar refractivity (Wildman–Crippen MR) is 58.6 cm³/mol. The van der Waals surface area contributed by atoms with Crippen LogP contribution in [0.2, 0.25) is 5.82 Å². The summed E-state index contributed by atoms with van der Waals surface area (Å²) < 4.78 is 0. The molecule has 2 radical (unpaired) electrons. The molecule has 76 valence electrons. The average molecular weight is 220 g/mol. The molecule has 0 fully saturated rings. The number of Topliss-reactive ketones (excluding diaryl/α,β-unsaturated/α-hetero) is 1. The first-order valence-corrected chi connectivity index (χ1v) is 5.46. The fourth-order valence-corrected chi connectivity index (χ4v) is 2.57. The van der Waals surface area contributed by atoms with Crippen molar-refractivity contribution in [1.29, 1.82) is 0 Å². The molecule has 0 saturated carbocycles. The van der Waals surface area contributed by atoms with E-state index in [0.29, 0.717) is 22.9 Å². The third-order valence-corrected chi connectivity index (χ3v) is 3.26. The van der Waals surface area contributed by atoms with Gasteiger partial charge in [0.2, 0.25) is 5.91 Å². The lowest BCUT2D eigenvalue weighted by Gasteiger charge is -2.14. The Morgan fingerprint density at radius 2 is 2.40 bits per heavy atom. The number of anilines is 1. The number of carbonyl (C=O) groups excluding carboxylic acids is 2. The molecule has 1 aromatic heterocycles. The number of ketones is 1. The van der Waals surface area contributed by atoms with Gasteiger partial charge in [0.05, 0.1) is 18.4 Å². The van der Waals surface area contributed by atoms with E-state index in [0.717, 1.165) is 5.69 Å². The van der Waals surface area contributed by atoms with Crippen molar-refractivity contribution < 1.29 is 9.59 Å². The monoisotopic (exact) mass is 220 g/mol. The first-order chi connectivity index (χ1) is 7.08. The van der Waals surface area contributed by atoms with Gasteiger partial charge in [-0.2, -0.15) is 0 Å². The highest BCUT2D eigenvalue weighted by atomic mass is 32.1. The van der Waals surface area contributed by atoms with Gasteiger partial charge in [0.15, 0.2) is 10.9 Å². The summed E-state index contributed by atoms with van der Waals surface area (Å²) in [6, 6.07) is 0. The number of nitrogens with zero attached hydrogens (tertiary/aromatic N) is 1. The Bertz CT molecular complexity index is 430. The molecule has 15 heavy (non-hydrogen) atoms. The minimum atomic E-state index is -0.414. The molecule has 1 atom stereocenters. The molecule has 1 aromatic rings.